The van der Waals surface area contributed by atoms with Crippen molar-refractivity contribution in [2.24, 2.45) is 0 Å². The minimum absolute atomic E-state index is 0.201. The zero-order valence-electron chi connectivity index (χ0n) is 7.53. The van der Waals surface area contributed by atoms with Crippen molar-refractivity contribution in [3.63, 3.8) is 0 Å². The van der Waals surface area contributed by atoms with Gasteiger partial charge in [-0.3, -0.25) is 0 Å². The van der Waals surface area contributed by atoms with Crippen molar-refractivity contribution in [1.29, 1.82) is 0 Å². The first-order valence-electron chi connectivity index (χ1n) is 4.26. The molecule has 0 aliphatic rings. The summed E-state index contributed by atoms with van der Waals surface area (Å²) in [5, 5.41) is 2.59. The largest absolute Gasteiger partial charge is 0.248 e. The minimum Gasteiger partial charge on any atom is -0.0605 e. The number of aromatic nitrogens is 2. The van der Waals surface area contributed by atoms with Crippen LogP contribution in [0.15, 0.2) is 18.2 Å². The van der Waals surface area contributed by atoms with E-state index in [4.69, 9.17) is 0 Å². The summed E-state index contributed by atoms with van der Waals surface area (Å²) in [5.41, 5.74) is 2.27. The molecule has 0 bridgehead atoms. The van der Waals surface area contributed by atoms with Crippen LogP contribution in [0, 0.1) is 13.8 Å². The maximum atomic E-state index is 4.53. The zero-order chi connectivity index (χ0) is 9.00. The van der Waals surface area contributed by atoms with Gasteiger partial charge in [0.2, 0.25) is 15.3 Å². The van der Waals surface area contributed by atoms with E-state index >= 15 is 0 Å². The second-order valence-electron chi connectivity index (χ2n) is 3.30. The van der Waals surface area contributed by atoms with Crippen molar-refractivity contribution in [2.75, 3.05) is 0 Å². The Bertz CT molecular complexity index is 536. The van der Waals surface area contributed by atoms with E-state index in [1.807, 2.05) is 0 Å². The van der Waals surface area contributed by atoms with E-state index in [-0.39, 0.29) is 10.6 Å². The van der Waals surface area contributed by atoms with Gasteiger partial charge < -0.3 is 0 Å². The van der Waals surface area contributed by atoms with Crippen LogP contribution >= 0.6 is 10.6 Å². The Kier molecular flexibility index (Phi) is 1.21. The molecule has 2 nitrogen and oxygen atoms in total. The fraction of sp³-hybridized carbons (Fsp3) is 0.200. The van der Waals surface area contributed by atoms with Crippen LogP contribution in [0.1, 0.15) is 11.4 Å². The van der Waals surface area contributed by atoms with Gasteiger partial charge in [0.05, 0.1) is 10.8 Å². The molecule has 0 N–H and O–H groups in total. The number of nitrogens with zero attached hydrogens (tertiary/aromatic N) is 2. The zero-order valence-corrected chi connectivity index (χ0v) is 8.35. The van der Waals surface area contributed by atoms with Crippen LogP contribution in [-0.2, 0) is 0 Å². The van der Waals surface area contributed by atoms with E-state index in [1.54, 1.807) is 0 Å². The molecule has 64 valence electrons. The second-order valence-corrected chi connectivity index (χ2v) is 4.60. The summed E-state index contributed by atoms with van der Waals surface area (Å²) in [6.45, 7) is 4.12. The first kappa shape index (κ1) is 7.21. The molecule has 0 saturated carbocycles. The summed E-state index contributed by atoms with van der Waals surface area (Å²) < 4.78 is 10.4. The third kappa shape index (κ3) is 0.773. The van der Waals surface area contributed by atoms with Crippen molar-refractivity contribution < 1.29 is 0 Å². The van der Waals surface area contributed by atoms with Gasteiger partial charge in [0.15, 0.2) is 0 Å². The SMILES string of the molecule is Cc1n[s+]2nc(C)c3cccc1c32. The molecule has 2 aromatic heterocycles. The van der Waals surface area contributed by atoms with E-state index in [2.05, 4.69) is 40.8 Å². The molecule has 3 heteroatoms. The van der Waals surface area contributed by atoms with Gasteiger partial charge >= 0.3 is 0 Å². The number of rotatable bonds is 0. The van der Waals surface area contributed by atoms with E-state index in [0.29, 0.717) is 0 Å². The van der Waals surface area contributed by atoms with Crippen LogP contribution in [0.5, 0.6) is 0 Å². The number of aryl methyl sites for hydroxylation is 2. The lowest BCUT2D eigenvalue weighted by Crippen LogP contribution is -1.74. The van der Waals surface area contributed by atoms with Crippen molar-refractivity contribution in [1.82, 2.24) is 8.75 Å². The molecule has 0 amide bonds. The van der Waals surface area contributed by atoms with Gasteiger partial charge in [0, 0.05) is 0 Å². The van der Waals surface area contributed by atoms with Crippen molar-refractivity contribution >= 4 is 26.1 Å². The summed E-state index contributed by atoms with van der Waals surface area (Å²) in [6, 6.07) is 6.36. The highest BCUT2D eigenvalue weighted by Crippen LogP contribution is 2.35. The summed E-state index contributed by atoms with van der Waals surface area (Å²) in [5.74, 6) is 0. The maximum absolute atomic E-state index is 4.53. The lowest BCUT2D eigenvalue weighted by molar-refractivity contribution is 1.32. The van der Waals surface area contributed by atoms with Gasteiger partial charge in [-0.2, -0.15) is 0 Å². The predicted octanol–water partition coefficient (Wildman–Crippen LogP) is 2.88. The fourth-order valence-electron chi connectivity index (χ4n) is 1.77. The van der Waals surface area contributed by atoms with Gasteiger partial charge in [-0.25, -0.2) is 0 Å². The summed E-state index contributed by atoms with van der Waals surface area (Å²) in [7, 11) is -0.201. The molecular formula is C10H9N2S+. The first-order valence-corrected chi connectivity index (χ1v) is 5.40. The average molecular weight is 189 g/mol. The standard InChI is InChI=1S/C10H9N2S/c1-6-8-4-3-5-9-7(2)12-13(11-6)10(8)9/h3-5H,1-2H3/q+1. The molecule has 2 heterocycles. The van der Waals surface area contributed by atoms with E-state index in [9.17, 15) is 0 Å². The van der Waals surface area contributed by atoms with E-state index in [0.717, 1.165) is 11.4 Å². The molecule has 1 aromatic carbocycles. The molecule has 0 saturated heterocycles. The maximum Gasteiger partial charge on any atom is 0.248 e. The summed E-state index contributed by atoms with van der Waals surface area (Å²) in [4.78, 5) is 0. The van der Waals surface area contributed by atoms with Crippen LogP contribution in [-0.4, -0.2) is 8.75 Å². The summed E-state index contributed by atoms with van der Waals surface area (Å²) in [6.07, 6.45) is 0. The average Bonchev–Trinajstić information content (AvgIpc) is 2.59. The quantitative estimate of drug-likeness (QED) is 0.508. The van der Waals surface area contributed by atoms with Crippen LogP contribution in [0.2, 0.25) is 0 Å². The van der Waals surface area contributed by atoms with Crippen LogP contribution < -0.4 is 0 Å². The van der Waals surface area contributed by atoms with E-state index in [1.165, 1.54) is 15.5 Å². The normalized spacial score (nSPS) is 11.8. The number of hydrogen-bond donors (Lipinski definition) is 0. The van der Waals surface area contributed by atoms with E-state index < -0.39 is 0 Å². The highest BCUT2D eigenvalue weighted by molar-refractivity contribution is 7.26. The topological polar surface area (TPSA) is 25.8 Å². The smallest absolute Gasteiger partial charge is 0.0605 e. The Morgan fingerprint density at radius 2 is 1.54 bits per heavy atom. The highest BCUT2D eigenvalue weighted by Gasteiger charge is 2.23. The molecule has 0 radical (unpaired) electrons. The van der Waals surface area contributed by atoms with Crippen LogP contribution in [0.4, 0.5) is 0 Å². The molecule has 0 spiro atoms. The molecule has 0 aliphatic carbocycles. The Labute approximate surface area is 78.8 Å². The third-order valence-corrected chi connectivity index (χ3v) is 4.12. The number of hydrogen-bond acceptors (Lipinski definition) is 2. The fourth-order valence-corrected chi connectivity index (χ4v) is 3.54. The molecule has 0 atom stereocenters. The lowest BCUT2D eigenvalue weighted by atomic mass is 10.1. The Morgan fingerprint density at radius 1 is 1.00 bits per heavy atom. The predicted molar refractivity (Wildman–Crippen MR) is 55.6 cm³/mol. The van der Waals surface area contributed by atoms with Crippen molar-refractivity contribution in [3.8, 4) is 0 Å². The molecule has 13 heavy (non-hydrogen) atoms. The van der Waals surface area contributed by atoms with Gasteiger partial charge in [0.25, 0.3) is 0 Å². The minimum atomic E-state index is -0.201. The Balaban J connectivity index is 2.73. The molecule has 0 fully saturated rings. The van der Waals surface area contributed by atoms with Crippen molar-refractivity contribution in [2.45, 2.75) is 13.8 Å². The summed E-state index contributed by atoms with van der Waals surface area (Å²) >= 11 is 0. The van der Waals surface area contributed by atoms with Gasteiger partial charge in [-0.1, -0.05) is 6.07 Å². The van der Waals surface area contributed by atoms with Gasteiger partial charge in [-0.15, -0.1) is 0 Å². The third-order valence-electron chi connectivity index (χ3n) is 2.42. The molecule has 3 rings (SSSR count). The molecule has 0 aliphatic heterocycles. The van der Waals surface area contributed by atoms with Crippen molar-refractivity contribution in [3.05, 3.63) is 29.6 Å². The second kappa shape index (κ2) is 2.17. The molecular weight excluding hydrogens is 180 g/mol. The monoisotopic (exact) mass is 189 g/mol. The van der Waals surface area contributed by atoms with Gasteiger partial charge in [-0.05, 0) is 34.7 Å². The van der Waals surface area contributed by atoms with Crippen LogP contribution in [0.25, 0.3) is 15.5 Å². The Hall–Kier alpha value is -1.22. The lowest BCUT2D eigenvalue weighted by Gasteiger charge is -1.84. The highest BCUT2D eigenvalue weighted by atomic mass is 32.2. The Morgan fingerprint density at radius 3 is 2.08 bits per heavy atom. The first-order chi connectivity index (χ1) is 6.27. The van der Waals surface area contributed by atoms with Gasteiger partial charge in [0.1, 0.15) is 11.4 Å². The number of benzene rings is 1. The van der Waals surface area contributed by atoms with Crippen LogP contribution in [0.3, 0.4) is 0 Å². The molecule has 0 unspecified atom stereocenters. The molecule has 3 aromatic rings.